The highest BCUT2D eigenvalue weighted by molar-refractivity contribution is 4.90. The van der Waals surface area contributed by atoms with E-state index in [0.717, 1.165) is 13.1 Å². The van der Waals surface area contributed by atoms with Crippen LogP contribution >= 0.6 is 0 Å². The maximum absolute atomic E-state index is 11.8. The summed E-state index contributed by atoms with van der Waals surface area (Å²) in [6, 6.07) is 0. The van der Waals surface area contributed by atoms with E-state index in [1.165, 1.54) is 0 Å². The van der Waals surface area contributed by atoms with Gasteiger partial charge in [-0.15, -0.1) is 0 Å². The lowest BCUT2D eigenvalue weighted by Crippen LogP contribution is -2.43. The number of ether oxygens (including phenoxy) is 1. The van der Waals surface area contributed by atoms with Crippen LogP contribution in [-0.2, 0) is 17.8 Å². The Hall–Kier alpha value is -1.15. The Morgan fingerprint density at radius 1 is 1.41 bits per heavy atom. The minimum Gasteiger partial charge on any atom is -0.364 e. The number of nitrogens with zero attached hydrogens (tertiary/aromatic N) is 2. The van der Waals surface area contributed by atoms with Crippen molar-refractivity contribution in [2.24, 2.45) is 5.92 Å². The number of alkyl halides is 3. The molecule has 2 rings (SSSR count). The number of aromatic nitrogens is 2. The fourth-order valence-electron chi connectivity index (χ4n) is 1.43. The van der Waals surface area contributed by atoms with Gasteiger partial charge in [-0.3, -0.25) is 0 Å². The molecule has 1 fully saturated rings. The van der Waals surface area contributed by atoms with Crippen LogP contribution < -0.4 is 5.32 Å². The number of nitrogens with one attached hydrogen (secondary N) is 1. The maximum atomic E-state index is 11.8. The van der Waals surface area contributed by atoms with E-state index >= 15 is 0 Å². The summed E-state index contributed by atoms with van der Waals surface area (Å²) in [7, 11) is 0. The molecule has 96 valence electrons. The standard InChI is InChI=1S/C9H12F3N3O2/c10-9(11,12)5-16-4-7-14-8(17-15-7)1-6-2-13-3-6/h6,13H,1-5H2. The van der Waals surface area contributed by atoms with Gasteiger partial charge in [0.05, 0.1) is 0 Å². The van der Waals surface area contributed by atoms with E-state index in [-0.39, 0.29) is 12.4 Å². The van der Waals surface area contributed by atoms with Crippen molar-refractivity contribution in [2.45, 2.75) is 19.2 Å². The highest BCUT2D eigenvalue weighted by Crippen LogP contribution is 2.15. The normalized spacial score (nSPS) is 17.1. The van der Waals surface area contributed by atoms with E-state index in [2.05, 4.69) is 20.2 Å². The van der Waals surface area contributed by atoms with Gasteiger partial charge in [-0.05, 0) is 19.0 Å². The van der Waals surface area contributed by atoms with E-state index in [4.69, 9.17) is 4.52 Å². The molecule has 1 aliphatic rings. The monoisotopic (exact) mass is 251 g/mol. The fourth-order valence-corrected chi connectivity index (χ4v) is 1.43. The van der Waals surface area contributed by atoms with Gasteiger partial charge in [0.25, 0.3) is 0 Å². The van der Waals surface area contributed by atoms with Crippen LogP contribution in [0.4, 0.5) is 13.2 Å². The van der Waals surface area contributed by atoms with Crippen LogP contribution in [0.5, 0.6) is 0 Å². The number of hydrogen-bond acceptors (Lipinski definition) is 5. The first-order valence-electron chi connectivity index (χ1n) is 5.19. The van der Waals surface area contributed by atoms with Crippen molar-refractivity contribution in [3.05, 3.63) is 11.7 Å². The second-order valence-electron chi connectivity index (χ2n) is 3.94. The minimum atomic E-state index is -4.33. The molecule has 0 amide bonds. The van der Waals surface area contributed by atoms with Crippen molar-refractivity contribution < 1.29 is 22.4 Å². The molecule has 1 saturated heterocycles. The highest BCUT2D eigenvalue weighted by atomic mass is 19.4. The van der Waals surface area contributed by atoms with Crippen LogP contribution in [0.3, 0.4) is 0 Å². The first-order chi connectivity index (χ1) is 8.03. The van der Waals surface area contributed by atoms with Gasteiger partial charge < -0.3 is 14.6 Å². The Kier molecular flexibility index (Phi) is 3.63. The van der Waals surface area contributed by atoms with Crippen LogP contribution in [-0.4, -0.2) is 36.0 Å². The summed E-state index contributed by atoms with van der Waals surface area (Å²) >= 11 is 0. The number of rotatable bonds is 5. The lowest BCUT2D eigenvalue weighted by molar-refractivity contribution is -0.177. The Morgan fingerprint density at radius 2 is 2.18 bits per heavy atom. The Labute approximate surface area is 95.3 Å². The molecule has 2 heterocycles. The zero-order chi connectivity index (χ0) is 12.3. The van der Waals surface area contributed by atoms with Gasteiger partial charge >= 0.3 is 6.18 Å². The molecular formula is C9H12F3N3O2. The Bertz CT molecular complexity index is 363. The van der Waals surface area contributed by atoms with Crippen LogP contribution in [0.2, 0.25) is 0 Å². The van der Waals surface area contributed by atoms with E-state index in [0.29, 0.717) is 18.2 Å². The molecular weight excluding hydrogens is 239 g/mol. The summed E-state index contributed by atoms with van der Waals surface area (Å²) in [5.74, 6) is 1.07. The zero-order valence-corrected chi connectivity index (χ0v) is 8.96. The van der Waals surface area contributed by atoms with Gasteiger partial charge in [0.15, 0.2) is 5.82 Å². The predicted molar refractivity (Wildman–Crippen MR) is 50.1 cm³/mol. The van der Waals surface area contributed by atoms with Gasteiger partial charge in [0, 0.05) is 6.42 Å². The third kappa shape index (κ3) is 3.97. The lowest BCUT2D eigenvalue weighted by Gasteiger charge is -2.25. The number of hydrogen-bond donors (Lipinski definition) is 1. The number of halogens is 3. The summed E-state index contributed by atoms with van der Waals surface area (Å²) in [5, 5.41) is 6.65. The van der Waals surface area contributed by atoms with Crippen molar-refractivity contribution in [3.8, 4) is 0 Å². The second-order valence-corrected chi connectivity index (χ2v) is 3.94. The maximum Gasteiger partial charge on any atom is 0.411 e. The molecule has 0 bridgehead atoms. The molecule has 0 aliphatic carbocycles. The zero-order valence-electron chi connectivity index (χ0n) is 8.96. The largest absolute Gasteiger partial charge is 0.411 e. The molecule has 1 aliphatic heterocycles. The molecule has 5 nitrogen and oxygen atoms in total. The van der Waals surface area contributed by atoms with Crippen molar-refractivity contribution in [1.29, 1.82) is 0 Å². The summed E-state index contributed by atoms with van der Waals surface area (Å²) in [5.41, 5.74) is 0. The highest BCUT2D eigenvalue weighted by Gasteiger charge is 2.27. The van der Waals surface area contributed by atoms with Gasteiger partial charge in [-0.25, -0.2) is 0 Å². The molecule has 0 atom stereocenters. The van der Waals surface area contributed by atoms with E-state index in [1.54, 1.807) is 0 Å². The summed E-state index contributed by atoms with van der Waals surface area (Å²) in [6.45, 7) is 0.222. The van der Waals surface area contributed by atoms with Crippen LogP contribution in [0.25, 0.3) is 0 Å². The van der Waals surface area contributed by atoms with E-state index in [1.807, 2.05) is 0 Å². The van der Waals surface area contributed by atoms with Gasteiger partial charge in [0.2, 0.25) is 5.89 Å². The first kappa shape index (κ1) is 12.3. The smallest absolute Gasteiger partial charge is 0.364 e. The van der Waals surface area contributed by atoms with Crippen molar-refractivity contribution >= 4 is 0 Å². The SMILES string of the molecule is FC(F)(F)COCc1noc(CC2CNC2)n1. The second kappa shape index (κ2) is 5.01. The lowest BCUT2D eigenvalue weighted by atomic mass is 10.00. The molecule has 0 saturated carbocycles. The summed E-state index contributed by atoms with van der Waals surface area (Å²) in [6.07, 6.45) is -3.68. The molecule has 1 N–H and O–H groups in total. The van der Waals surface area contributed by atoms with Crippen molar-refractivity contribution in [1.82, 2.24) is 15.5 Å². The van der Waals surface area contributed by atoms with Crippen molar-refractivity contribution in [2.75, 3.05) is 19.7 Å². The van der Waals surface area contributed by atoms with Crippen LogP contribution in [0, 0.1) is 5.92 Å². The Balaban J connectivity index is 1.73. The Morgan fingerprint density at radius 3 is 2.76 bits per heavy atom. The topological polar surface area (TPSA) is 60.2 Å². The van der Waals surface area contributed by atoms with Gasteiger partial charge in [-0.2, -0.15) is 18.2 Å². The quantitative estimate of drug-likeness (QED) is 0.842. The third-order valence-electron chi connectivity index (χ3n) is 2.34. The predicted octanol–water partition coefficient (Wildman–Crippen LogP) is 0.910. The fraction of sp³-hybridized carbons (Fsp3) is 0.778. The van der Waals surface area contributed by atoms with Gasteiger partial charge in [-0.1, -0.05) is 5.16 Å². The molecule has 0 aromatic carbocycles. The third-order valence-corrected chi connectivity index (χ3v) is 2.34. The average molecular weight is 251 g/mol. The van der Waals surface area contributed by atoms with Crippen LogP contribution in [0.15, 0.2) is 4.52 Å². The first-order valence-corrected chi connectivity index (χ1v) is 5.19. The van der Waals surface area contributed by atoms with Gasteiger partial charge in [0.1, 0.15) is 13.2 Å². The summed E-state index contributed by atoms with van der Waals surface area (Å²) < 4.78 is 44.7. The molecule has 1 aromatic heterocycles. The van der Waals surface area contributed by atoms with Crippen LogP contribution in [0.1, 0.15) is 11.7 Å². The van der Waals surface area contributed by atoms with Crippen molar-refractivity contribution in [3.63, 3.8) is 0 Å². The summed E-state index contributed by atoms with van der Waals surface area (Å²) in [4.78, 5) is 3.95. The average Bonchev–Trinajstić information content (AvgIpc) is 2.57. The molecule has 17 heavy (non-hydrogen) atoms. The minimum absolute atomic E-state index is 0.150. The molecule has 1 aromatic rings. The molecule has 0 unspecified atom stereocenters. The van der Waals surface area contributed by atoms with E-state index in [9.17, 15) is 13.2 Å². The van der Waals surface area contributed by atoms with E-state index < -0.39 is 12.8 Å². The molecule has 0 radical (unpaired) electrons. The molecule has 0 spiro atoms. The molecule has 8 heteroatoms.